The molecule has 7 aromatic rings. The zero-order chi connectivity index (χ0) is 24.4. The number of fused-ring (bicyclic) bond motifs is 6. The molecule has 0 unspecified atom stereocenters. The van der Waals surface area contributed by atoms with E-state index in [0.29, 0.717) is 0 Å². The summed E-state index contributed by atoms with van der Waals surface area (Å²) in [5.74, 6) is 0. The van der Waals surface area contributed by atoms with Gasteiger partial charge < -0.3 is 13.4 Å². The molecule has 7 rings (SSSR count). The Kier molecular flexibility index (Phi) is 4.52. The molecule has 0 bridgehead atoms. The molecule has 174 valence electrons. The van der Waals surface area contributed by atoms with Crippen LogP contribution in [0.2, 0.25) is 0 Å². The Labute approximate surface area is 207 Å². The van der Waals surface area contributed by atoms with E-state index in [2.05, 4.69) is 30.3 Å². The first-order chi connectivity index (χ1) is 17.5. The molecule has 0 amide bonds. The Balaban J connectivity index is 1.48. The standard InChI is InChI=1S/C31H22NO3P/c1-36(2,33)22-9-7-8-21(18-22)19-14-16-20(17-15-19)27-30-28(23-10-3-5-12-25(23)34-30)32-29-24-11-4-6-13-26(24)35-31(27)29/h3-18H,1-2H3. The first-order valence-electron chi connectivity index (χ1n) is 11.9. The van der Waals surface area contributed by atoms with Crippen molar-refractivity contribution in [1.29, 1.82) is 0 Å². The summed E-state index contributed by atoms with van der Waals surface area (Å²) in [6.07, 6.45) is 0. The number of furan rings is 2. The van der Waals surface area contributed by atoms with Crippen LogP contribution >= 0.6 is 7.14 Å². The second-order valence-electron chi connectivity index (χ2n) is 9.52. The molecule has 3 aromatic heterocycles. The normalized spacial score (nSPS) is 12.3. The van der Waals surface area contributed by atoms with Crippen molar-refractivity contribution < 1.29 is 13.4 Å². The van der Waals surface area contributed by atoms with Gasteiger partial charge in [0.05, 0.1) is 5.56 Å². The van der Waals surface area contributed by atoms with Gasteiger partial charge in [-0.25, -0.2) is 4.98 Å². The Hall–Kier alpha value is -4.14. The number of benzene rings is 4. The molecule has 0 aliphatic heterocycles. The minimum absolute atomic E-state index is 0.718. The first kappa shape index (κ1) is 21.2. The number of rotatable bonds is 3. The van der Waals surface area contributed by atoms with Crippen molar-refractivity contribution in [2.75, 3.05) is 13.3 Å². The van der Waals surface area contributed by atoms with Crippen LogP contribution in [0.3, 0.4) is 0 Å². The third kappa shape index (κ3) is 3.22. The molecule has 5 heteroatoms. The van der Waals surface area contributed by atoms with E-state index in [-0.39, 0.29) is 0 Å². The Morgan fingerprint density at radius 3 is 1.75 bits per heavy atom. The molecule has 0 fully saturated rings. The van der Waals surface area contributed by atoms with E-state index in [1.54, 1.807) is 13.3 Å². The van der Waals surface area contributed by atoms with E-state index in [9.17, 15) is 4.57 Å². The SMILES string of the molecule is CP(C)(=O)c1cccc(-c2ccc(-c3c4oc5ccccc5c4nc4c3oc3ccccc34)cc2)c1. The van der Waals surface area contributed by atoms with Gasteiger partial charge in [0.1, 0.15) is 29.3 Å². The summed E-state index contributed by atoms with van der Waals surface area (Å²) in [7, 11) is -2.34. The van der Waals surface area contributed by atoms with Crippen LogP contribution in [0.25, 0.3) is 66.4 Å². The Morgan fingerprint density at radius 1 is 0.611 bits per heavy atom. The maximum Gasteiger partial charge on any atom is 0.165 e. The van der Waals surface area contributed by atoms with Gasteiger partial charge in [-0.2, -0.15) is 0 Å². The molecule has 0 aliphatic carbocycles. The number of nitrogens with zero attached hydrogens (tertiary/aromatic N) is 1. The topological polar surface area (TPSA) is 56.2 Å². The zero-order valence-corrected chi connectivity index (χ0v) is 20.8. The quantitative estimate of drug-likeness (QED) is 0.235. The molecule has 0 saturated heterocycles. The second-order valence-corrected chi connectivity index (χ2v) is 12.7. The average molecular weight is 487 g/mol. The van der Waals surface area contributed by atoms with E-state index in [1.165, 1.54) is 0 Å². The summed E-state index contributed by atoms with van der Waals surface area (Å²) < 4.78 is 25.3. The predicted molar refractivity (Wildman–Crippen MR) is 149 cm³/mol. The van der Waals surface area contributed by atoms with Crippen molar-refractivity contribution in [3.05, 3.63) is 97.1 Å². The largest absolute Gasteiger partial charge is 0.454 e. The monoisotopic (exact) mass is 487 g/mol. The predicted octanol–water partition coefficient (Wildman–Crippen LogP) is 8.46. The fourth-order valence-electron chi connectivity index (χ4n) is 4.95. The highest BCUT2D eigenvalue weighted by Gasteiger charge is 2.22. The number of aromatic nitrogens is 1. The van der Waals surface area contributed by atoms with Crippen molar-refractivity contribution >= 4 is 56.6 Å². The summed E-state index contributed by atoms with van der Waals surface area (Å²) in [5.41, 5.74) is 8.69. The Morgan fingerprint density at radius 2 is 1.17 bits per heavy atom. The number of para-hydroxylation sites is 2. The van der Waals surface area contributed by atoms with Gasteiger partial charge in [-0.1, -0.05) is 66.7 Å². The van der Waals surface area contributed by atoms with Crippen molar-refractivity contribution in [1.82, 2.24) is 4.98 Å². The van der Waals surface area contributed by atoms with Gasteiger partial charge in [0.15, 0.2) is 11.2 Å². The molecule has 4 aromatic carbocycles. The lowest BCUT2D eigenvalue weighted by molar-refractivity contribution is 0.588. The molecule has 0 spiro atoms. The highest BCUT2D eigenvalue weighted by molar-refractivity contribution is 7.70. The highest BCUT2D eigenvalue weighted by Crippen LogP contribution is 2.43. The summed E-state index contributed by atoms with van der Waals surface area (Å²) >= 11 is 0. The number of hydrogen-bond acceptors (Lipinski definition) is 4. The number of hydrogen-bond donors (Lipinski definition) is 0. The van der Waals surface area contributed by atoms with Crippen molar-refractivity contribution in [3.63, 3.8) is 0 Å². The maximum atomic E-state index is 12.6. The molecule has 0 N–H and O–H groups in total. The number of pyridine rings is 1. The summed E-state index contributed by atoms with van der Waals surface area (Å²) in [6, 6.07) is 32.3. The summed E-state index contributed by atoms with van der Waals surface area (Å²) in [4.78, 5) is 5.02. The molecular formula is C31H22NO3P. The minimum atomic E-state index is -2.34. The molecule has 36 heavy (non-hydrogen) atoms. The van der Waals surface area contributed by atoms with Gasteiger partial charge in [0, 0.05) is 16.1 Å². The van der Waals surface area contributed by atoms with Gasteiger partial charge in [0.25, 0.3) is 0 Å². The molecule has 0 aliphatic rings. The average Bonchev–Trinajstić information content (AvgIpc) is 3.45. The van der Waals surface area contributed by atoms with Crippen molar-refractivity contribution in [2.45, 2.75) is 0 Å². The molecule has 0 radical (unpaired) electrons. The fraction of sp³-hybridized carbons (Fsp3) is 0.0645. The lowest BCUT2D eigenvalue weighted by Gasteiger charge is -2.10. The van der Waals surface area contributed by atoms with E-state index in [1.807, 2.05) is 66.7 Å². The lowest BCUT2D eigenvalue weighted by Crippen LogP contribution is -2.02. The van der Waals surface area contributed by atoms with Crippen LogP contribution in [-0.2, 0) is 4.57 Å². The van der Waals surface area contributed by atoms with Crippen molar-refractivity contribution in [2.24, 2.45) is 0 Å². The van der Waals surface area contributed by atoms with Crippen LogP contribution in [0.4, 0.5) is 0 Å². The molecular weight excluding hydrogens is 465 g/mol. The second kappa shape index (κ2) is 7.68. The van der Waals surface area contributed by atoms with Crippen LogP contribution in [0.15, 0.2) is 106 Å². The lowest BCUT2D eigenvalue weighted by atomic mass is 9.99. The van der Waals surface area contributed by atoms with Gasteiger partial charge in [-0.05, 0) is 60.4 Å². The van der Waals surface area contributed by atoms with Gasteiger partial charge in [-0.3, -0.25) is 0 Å². The molecule has 4 nitrogen and oxygen atoms in total. The van der Waals surface area contributed by atoms with E-state index < -0.39 is 7.14 Å². The summed E-state index contributed by atoms with van der Waals surface area (Å²) in [5, 5.41) is 2.85. The smallest absolute Gasteiger partial charge is 0.165 e. The van der Waals surface area contributed by atoms with Crippen LogP contribution in [0.1, 0.15) is 0 Å². The van der Waals surface area contributed by atoms with E-state index in [4.69, 9.17) is 13.8 Å². The van der Waals surface area contributed by atoms with Gasteiger partial charge >= 0.3 is 0 Å². The van der Waals surface area contributed by atoms with Crippen LogP contribution in [0, 0.1) is 0 Å². The first-order valence-corrected chi connectivity index (χ1v) is 14.5. The van der Waals surface area contributed by atoms with Crippen LogP contribution in [-0.4, -0.2) is 18.3 Å². The molecule has 3 heterocycles. The third-order valence-electron chi connectivity index (χ3n) is 6.79. The molecule has 0 atom stereocenters. The Bertz CT molecular complexity index is 1900. The van der Waals surface area contributed by atoms with E-state index >= 15 is 0 Å². The van der Waals surface area contributed by atoms with Crippen LogP contribution in [0.5, 0.6) is 0 Å². The van der Waals surface area contributed by atoms with E-state index in [0.717, 1.165) is 71.7 Å². The maximum absolute atomic E-state index is 12.6. The summed E-state index contributed by atoms with van der Waals surface area (Å²) in [6.45, 7) is 3.60. The van der Waals surface area contributed by atoms with Gasteiger partial charge in [0.2, 0.25) is 0 Å². The van der Waals surface area contributed by atoms with Gasteiger partial charge in [-0.15, -0.1) is 0 Å². The van der Waals surface area contributed by atoms with Crippen molar-refractivity contribution in [3.8, 4) is 22.3 Å². The van der Waals surface area contributed by atoms with Crippen LogP contribution < -0.4 is 5.30 Å². The minimum Gasteiger partial charge on any atom is -0.454 e. The third-order valence-corrected chi connectivity index (χ3v) is 8.31. The molecule has 0 saturated carbocycles. The zero-order valence-electron chi connectivity index (χ0n) is 19.9. The fourth-order valence-corrected chi connectivity index (χ4v) is 5.85. The highest BCUT2D eigenvalue weighted by atomic mass is 31.2.